The average molecular weight is 1920 g/mol. The van der Waals surface area contributed by atoms with Crippen molar-refractivity contribution in [2.45, 2.75) is 221 Å². The molecule has 0 saturated carbocycles. The van der Waals surface area contributed by atoms with Gasteiger partial charge in [0.15, 0.2) is 37.5 Å². The lowest BCUT2D eigenvalue weighted by atomic mass is 9.94. The number of rotatable bonds is 45. The lowest BCUT2D eigenvalue weighted by molar-refractivity contribution is -0.392. The van der Waals surface area contributed by atoms with Crippen LogP contribution in [0.5, 0.6) is 0 Å². The molecule has 0 spiro atoms. The molecule has 28 heteroatoms. The summed E-state index contributed by atoms with van der Waals surface area (Å²) >= 11 is 0. The number of carbonyl (C=O) groups is 4. The van der Waals surface area contributed by atoms with E-state index in [2.05, 4.69) is 22.5 Å². The van der Waals surface area contributed by atoms with E-state index in [0.29, 0.717) is 0 Å². The molecule has 738 valence electrons. The molecule has 0 radical (unpaired) electrons. The summed E-state index contributed by atoms with van der Waals surface area (Å²) < 4.78 is 141. The van der Waals surface area contributed by atoms with Crippen molar-refractivity contribution in [2.75, 3.05) is 39.6 Å². The number of hydrogen-bond acceptors (Lipinski definition) is 25. The molecule has 6 aliphatic rings. The average Bonchev–Trinajstić information content (AvgIpc) is 1.53. The van der Waals surface area contributed by atoms with Gasteiger partial charge >= 0.3 is 12.1 Å². The Labute approximate surface area is 821 Å². The van der Waals surface area contributed by atoms with Crippen LogP contribution in [-0.4, -0.2) is 203 Å². The number of ether oxygens (including phenoxy) is 20. The van der Waals surface area contributed by atoms with E-state index in [1.54, 1.807) is 0 Å². The molecule has 141 heavy (non-hydrogen) atoms. The van der Waals surface area contributed by atoms with E-state index in [9.17, 15) is 24.3 Å². The van der Waals surface area contributed by atoms with Crippen molar-refractivity contribution in [1.82, 2.24) is 16.0 Å². The molecule has 28 nitrogen and oxygen atoms in total. The normalized spacial score (nSPS) is 26.2. The topological polar surface area (TPSA) is 309 Å². The minimum Gasteiger partial charge on any atom is -0.460 e. The summed E-state index contributed by atoms with van der Waals surface area (Å²) in [6.45, 7) is 6.94. The smallest absolute Gasteiger partial charge is 0.407 e. The first-order valence-electron chi connectivity index (χ1n) is 48.0. The molecule has 17 rings (SSSR count). The van der Waals surface area contributed by atoms with Crippen LogP contribution in [0.2, 0.25) is 0 Å². The Morgan fingerprint density at radius 2 is 0.766 bits per heavy atom. The first kappa shape index (κ1) is 101. The van der Waals surface area contributed by atoms with Gasteiger partial charge in [0.05, 0.1) is 85.4 Å². The Balaban J connectivity index is 0.751. The number of aliphatic hydroxyl groups is 1. The molecule has 0 aromatic heterocycles. The number of fused-ring (bicyclic) bond motifs is 4. The summed E-state index contributed by atoms with van der Waals surface area (Å²) in [6.07, 6.45) is -25.4. The molecule has 4 N–H and O–H groups in total. The van der Waals surface area contributed by atoms with Crippen LogP contribution in [-0.2, 0) is 162 Å². The molecule has 5 fully saturated rings. The van der Waals surface area contributed by atoms with Gasteiger partial charge in [0.25, 0.3) is 0 Å². The van der Waals surface area contributed by atoms with Crippen LogP contribution in [0.1, 0.15) is 94.2 Å². The number of alkyl carbamates (subject to hydrolysis) is 1. The molecule has 0 unspecified atom stereocenters. The Morgan fingerprint density at radius 1 is 0.383 bits per heavy atom. The fourth-order valence-corrected chi connectivity index (χ4v) is 18.6. The number of aliphatic hydroxyl groups excluding tert-OH is 1. The first-order chi connectivity index (χ1) is 69.2. The van der Waals surface area contributed by atoms with E-state index in [-0.39, 0.29) is 91.8 Å². The maximum absolute atomic E-state index is 14.9. The van der Waals surface area contributed by atoms with Gasteiger partial charge < -0.3 is 116 Å². The first-order valence-corrected chi connectivity index (χ1v) is 48.0. The van der Waals surface area contributed by atoms with E-state index in [1.807, 2.05) is 322 Å². The van der Waals surface area contributed by atoms with Crippen LogP contribution < -0.4 is 16.0 Å². The molecule has 11 aromatic carbocycles. The zero-order valence-electron chi connectivity index (χ0n) is 78.9. The van der Waals surface area contributed by atoms with Crippen molar-refractivity contribution in [3.63, 3.8) is 0 Å². The lowest BCUT2D eigenvalue weighted by Crippen LogP contribution is -2.70. The Morgan fingerprint density at radius 3 is 1.24 bits per heavy atom. The van der Waals surface area contributed by atoms with E-state index in [1.165, 1.54) is 26.8 Å². The zero-order valence-corrected chi connectivity index (χ0v) is 78.9. The number of esters is 1. The minimum atomic E-state index is -1.91. The fourth-order valence-electron chi connectivity index (χ4n) is 18.6. The SMILES string of the molecule is C=CCOC(=O)[C@@H](NC(=O)OCC1c2ccccc2-c2ccccc21)[C@@H](C)O[C@H]1O[C@H](CO[C@@H]2O[C@H](COCc3ccccc3)[C@@H](O[C@@H]3O[C@@H]4CO[C@H](c5ccccc5)O[C@@H]4[C@H](OCc4ccccc4)[C@H]3OCc3ccccc3)[C@H](OCc3ccccc3)[C@H]2NC(C)=O)[C@H](O)[C@H](O[C@@H]2O[C@H](COCc3ccccc3)[C@H](OCc3ccccc3)[C@H](OCc3ccccc3)[C@H]2OCc2ccccc2)[C@H]1NC(C)=O. The van der Waals surface area contributed by atoms with Crippen LogP contribution >= 0.6 is 0 Å². The standard InChI is InChI=1S/C113H121N3O25/c1-5-59-124-107(120)94(116-113(121)133-68-89-87-57-35-33-55-85(87)86-56-34-36-58-88(86)89)73(2)134-110-95(114-74(3)117)101(141-112-105(129-66-82-49-27-12-28-50-82)103(127-64-80-45-23-10-24-46-80)98(125-62-78-41-19-8-20-42-78)91(137-112)69-122-60-76-37-15-6-16-38-76)97(119)90(135-110)71-132-109-96(115-75(4)118)102(126-63-79-43-21-9-22-44-79)99(92(136-109)70-123-61-77-39-17-7-18-40-77)140-111-106(130-67-83-51-29-13-30-52-83)104(128-65-81-47-25-11-26-48-81)100-93(138-111)72-131-108(139-100)84-53-31-14-32-54-84/h5-58,73,89-106,108-112,119H,1,59-72H2,2-4H3,(H,114,117)(H,115,118)(H,116,121)/t73-,90-,91-,92-,93-,94+,95-,96-,97+,98+,99-,100+,101-,102-,103+,104+,105-,106-,108+,109-,110+,111+,112+/m1/s1. The second-order valence-electron chi connectivity index (χ2n) is 35.6. The molecular formula is C113H121N3O25. The number of hydrogen-bond donors (Lipinski definition) is 4. The van der Waals surface area contributed by atoms with Crippen molar-refractivity contribution in [1.29, 1.82) is 0 Å². The quantitative estimate of drug-likeness (QED) is 0.0203. The summed E-state index contributed by atoms with van der Waals surface area (Å²) in [5.74, 6) is -2.54. The maximum atomic E-state index is 14.9. The molecule has 11 aromatic rings. The van der Waals surface area contributed by atoms with Gasteiger partial charge in [-0.05, 0) is 73.7 Å². The largest absolute Gasteiger partial charge is 0.460 e. The molecule has 3 amide bonds. The number of amides is 3. The van der Waals surface area contributed by atoms with Crippen LogP contribution in [0.15, 0.2) is 334 Å². The van der Waals surface area contributed by atoms with Gasteiger partial charge in [0, 0.05) is 25.3 Å². The van der Waals surface area contributed by atoms with Gasteiger partial charge in [-0.2, -0.15) is 0 Å². The monoisotopic (exact) mass is 1920 g/mol. The molecule has 5 aliphatic heterocycles. The summed E-state index contributed by atoms with van der Waals surface area (Å²) in [4.78, 5) is 58.6. The van der Waals surface area contributed by atoms with Gasteiger partial charge in [-0.15, -0.1) is 0 Å². The predicted molar refractivity (Wildman–Crippen MR) is 518 cm³/mol. The van der Waals surface area contributed by atoms with Crippen LogP contribution in [0.25, 0.3) is 11.1 Å². The van der Waals surface area contributed by atoms with Gasteiger partial charge in [-0.25, -0.2) is 9.59 Å². The van der Waals surface area contributed by atoms with E-state index >= 15 is 0 Å². The highest BCUT2D eigenvalue weighted by Gasteiger charge is 2.59. The third kappa shape index (κ3) is 26.9. The Kier molecular flexibility index (Phi) is 36.1. The second kappa shape index (κ2) is 50.7. The minimum absolute atomic E-state index is 0.0253. The molecular weight excluding hydrogens is 1800 g/mol. The highest BCUT2D eigenvalue weighted by molar-refractivity contribution is 5.83. The Bertz CT molecular complexity index is 5640. The van der Waals surface area contributed by atoms with Gasteiger partial charge in [-0.1, -0.05) is 334 Å². The summed E-state index contributed by atoms with van der Waals surface area (Å²) in [5.41, 5.74) is 11.2. The summed E-state index contributed by atoms with van der Waals surface area (Å²) in [5, 5.41) is 22.9. The van der Waals surface area contributed by atoms with Crippen LogP contribution in [0.4, 0.5) is 4.79 Å². The second-order valence-corrected chi connectivity index (χ2v) is 35.6. The molecule has 1 aliphatic carbocycles. The van der Waals surface area contributed by atoms with Crippen LogP contribution in [0.3, 0.4) is 0 Å². The van der Waals surface area contributed by atoms with Crippen molar-refractivity contribution in [3.8, 4) is 11.1 Å². The lowest BCUT2D eigenvalue weighted by Gasteiger charge is -2.52. The Hall–Kier alpha value is -11.9. The third-order valence-electron chi connectivity index (χ3n) is 25.5. The van der Waals surface area contributed by atoms with Crippen molar-refractivity contribution in [3.05, 3.63) is 395 Å². The number of carbonyl (C=O) groups excluding carboxylic acids is 4. The van der Waals surface area contributed by atoms with E-state index in [4.69, 9.17) is 94.7 Å². The van der Waals surface area contributed by atoms with Gasteiger partial charge in [-0.3, -0.25) is 9.59 Å². The number of nitrogens with one attached hydrogen (secondary N) is 3. The predicted octanol–water partition coefficient (Wildman–Crippen LogP) is 15.1. The van der Waals surface area contributed by atoms with E-state index in [0.717, 1.165) is 72.3 Å². The summed E-state index contributed by atoms with van der Waals surface area (Å²) in [7, 11) is 0. The van der Waals surface area contributed by atoms with Gasteiger partial charge in [0.1, 0.15) is 111 Å². The zero-order chi connectivity index (χ0) is 97.0. The van der Waals surface area contributed by atoms with Crippen molar-refractivity contribution < 1.29 is 119 Å². The van der Waals surface area contributed by atoms with Crippen molar-refractivity contribution >= 4 is 23.9 Å². The maximum Gasteiger partial charge on any atom is 0.407 e. The highest BCUT2D eigenvalue weighted by atomic mass is 16.8. The summed E-state index contributed by atoms with van der Waals surface area (Å²) in [6, 6.07) is 97.6. The molecule has 0 bridgehead atoms. The third-order valence-corrected chi connectivity index (χ3v) is 25.5. The number of benzene rings is 11. The molecule has 23 atom stereocenters. The highest BCUT2D eigenvalue weighted by Crippen LogP contribution is 2.46. The fraction of sp³-hybridized carbons (Fsp3) is 0.363. The van der Waals surface area contributed by atoms with Crippen LogP contribution in [0, 0.1) is 0 Å². The van der Waals surface area contributed by atoms with Crippen molar-refractivity contribution in [2.24, 2.45) is 0 Å². The molecule has 5 saturated heterocycles. The molecule has 5 heterocycles. The van der Waals surface area contributed by atoms with Gasteiger partial charge in [0.2, 0.25) is 11.8 Å². The van der Waals surface area contributed by atoms with E-state index < -0.39 is 172 Å².